The van der Waals surface area contributed by atoms with E-state index in [0.717, 1.165) is 12.0 Å². The van der Waals surface area contributed by atoms with E-state index < -0.39 is 5.97 Å². The monoisotopic (exact) mass is 277 g/mol. The second kappa shape index (κ2) is 5.85. The third-order valence-electron chi connectivity index (χ3n) is 3.27. The van der Waals surface area contributed by atoms with Crippen LogP contribution < -0.4 is 0 Å². The van der Waals surface area contributed by atoms with Gasteiger partial charge in [-0.2, -0.15) is 5.10 Å². The maximum Gasteiger partial charge on any atom is 0.360 e. The summed E-state index contributed by atoms with van der Waals surface area (Å²) in [6.45, 7) is 4.95. The molecule has 2 heterocycles. The summed E-state index contributed by atoms with van der Waals surface area (Å²) in [7, 11) is 3.16. The van der Waals surface area contributed by atoms with E-state index in [1.54, 1.807) is 15.6 Å². The third kappa shape index (κ3) is 2.71. The van der Waals surface area contributed by atoms with Crippen LogP contribution in [0.15, 0.2) is 12.4 Å². The molecule has 0 amide bonds. The number of methoxy groups -OCH3 is 1. The Bertz CT molecular complexity index is 602. The lowest BCUT2D eigenvalue weighted by Crippen LogP contribution is -2.11. The molecule has 0 aromatic carbocycles. The second-order valence-corrected chi connectivity index (χ2v) is 4.88. The highest BCUT2D eigenvalue weighted by atomic mass is 16.5. The highest BCUT2D eigenvalue weighted by molar-refractivity contribution is 5.93. The number of esters is 1. The van der Waals surface area contributed by atoms with Gasteiger partial charge >= 0.3 is 5.97 Å². The second-order valence-electron chi connectivity index (χ2n) is 4.88. The van der Waals surface area contributed by atoms with E-state index in [1.165, 1.54) is 7.11 Å². The minimum atomic E-state index is -0.487. The van der Waals surface area contributed by atoms with E-state index in [2.05, 4.69) is 29.3 Å². The number of carbonyl (C=O) groups is 1. The van der Waals surface area contributed by atoms with Gasteiger partial charge in [0.2, 0.25) is 0 Å². The Kier molecular flexibility index (Phi) is 4.16. The van der Waals surface area contributed by atoms with Gasteiger partial charge in [0.1, 0.15) is 5.69 Å². The van der Waals surface area contributed by atoms with Crippen molar-refractivity contribution in [2.75, 3.05) is 7.11 Å². The molecule has 0 saturated carbocycles. The Balaban J connectivity index is 2.48. The molecular weight excluding hydrogens is 258 g/mol. The summed E-state index contributed by atoms with van der Waals surface area (Å²) in [5.74, 6) is -0.0446. The molecule has 0 N–H and O–H groups in total. The molecular formula is C13H19N5O2. The van der Waals surface area contributed by atoms with Gasteiger partial charge in [-0.1, -0.05) is 25.5 Å². The Labute approximate surface area is 117 Å². The van der Waals surface area contributed by atoms with Crippen LogP contribution in [0.5, 0.6) is 0 Å². The normalized spacial score (nSPS) is 12.4. The summed E-state index contributed by atoms with van der Waals surface area (Å²) >= 11 is 0. The molecule has 0 fully saturated rings. The first kappa shape index (κ1) is 14.2. The molecule has 1 atom stereocenters. The van der Waals surface area contributed by atoms with Crippen LogP contribution >= 0.6 is 0 Å². The zero-order valence-electron chi connectivity index (χ0n) is 12.2. The number of carbonyl (C=O) groups excluding carboxylic acids is 1. The van der Waals surface area contributed by atoms with Gasteiger partial charge in [0, 0.05) is 25.4 Å². The van der Waals surface area contributed by atoms with Gasteiger partial charge in [-0.25, -0.2) is 9.48 Å². The van der Waals surface area contributed by atoms with E-state index in [0.29, 0.717) is 18.2 Å². The predicted octanol–water partition coefficient (Wildman–Crippen LogP) is 1.51. The first-order valence-corrected chi connectivity index (χ1v) is 6.57. The molecule has 20 heavy (non-hydrogen) atoms. The smallest absolute Gasteiger partial charge is 0.360 e. The summed E-state index contributed by atoms with van der Waals surface area (Å²) in [5, 5.41) is 12.2. The molecule has 0 saturated heterocycles. The van der Waals surface area contributed by atoms with Gasteiger partial charge in [0.05, 0.1) is 13.3 Å². The molecule has 7 nitrogen and oxygen atoms in total. The molecule has 2 aromatic rings. The lowest BCUT2D eigenvalue weighted by atomic mass is 10.1. The summed E-state index contributed by atoms with van der Waals surface area (Å²) in [4.78, 5) is 11.8. The SMILES string of the molecule is CCC(C)Cn1nnc(C(=O)OC)c1-c1cnn(C)c1. The first-order valence-electron chi connectivity index (χ1n) is 6.57. The molecule has 0 aliphatic heterocycles. The fraction of sp³-hybridized carbons (Fsp3) is 0.538. The van der Waals surface area contributed by atoms with Crippen molar-refractivity contribution in [1.82, 2.24) is 24.8 Å². The largest absolute Gasteiger partial charge is 0.464 e. The maximum atomic E-state index is 11.8. The zero-order valence-corrected chi connectivity index (χ0v) is 12.2. The highest BCUT2D eigenvalue weighted by Crippen LogP contribution is 2.23. The van der Waals surface area contributed by atoms with Gasteiger partial charge in [-0.05, 0) is 5.92 Å². The lowest BCUT2D eigenvalue weighted by Gasteiger charge is -2.10. The number of hydrogen-bond donors (Lipinski definition) is 0. The van der Waals surface area contributed by atoms with Crippen molar-refractivity contribution in [1.29, 1.82) is 0 Å². The van der Waals surface area contributed by atoms with Crippen molar-refractivity contribution in [2.45, 2.75) is 26.8 Å². The molecule has 1 unspecified atom stereocenters. The summed E-state index contributed by atoms with van der Waals surface area (Å²) in [5.41, 5.74) is 1.69. The molecule has 2 aromatic heterocycles. The molecule has 0 radical (unpaired) electrons. The molecule has 0 spiro atoms. The minimum Gasteiger partial charge on any atom is -0.464 e. The maximum absolute atomic E-state index is 11.8. The summed E-state index contributed by atoms with van der Waals surface area (Å²) in [6.07, 6.45) is 4.55. The van der Waals surface area contributed by atoms with Crippen LogP contribution in [-0.2, 0) is 18.3 Å². The van der Waals surface area contributed by atoms with E-state index in [4.69, 9.17) is 4.74 Å². The minimum absolute atomic E-state index is 0.226. The zero-order chi connectivity index (χ0) is 14.7. The summed E-state index contributed by atoms with van der Waals surface area (Å²) < 4.78 is 8.19. The van der Waals surface area contributed by atoms with Crippen molar-refractivity contribution < 1.29 is 9.53 Å². The van der Waals surface area contributed by atoms with Crippen molar-refractivity contribution in [2.24, 2.45) is 13.0 Å². The fourth-order valence-electron chi connectivity index (χ4n) is 1.93. The van der Waals surface area contributed by atoms with Crippen molar-refractivity contribution in [3.63, 3.8) is 0 Å². The molecule has 0 aliphatic carbocycles. The number of ether oxygens (including phenoxy) is 1. The predicted molar refractivity (Wildman–Crippen MR) is 73.0 cm³/mol. The molecule has 7 heteroatoms. The number of nitrogens with zero attached hydrogens (tertiary/aromatic N) is 5. The molecule has 0 aliphatic rings. The Morgan fingerprint density at radius 2 is 2.25 bits per heavy atom. The molecule has 108 valence electrons. The van der Waals surface area contributed by atoms with E-state index >= 15 is 0 Å². The van der Waals surface area contributed by atoms with Crippen LogP contribution in [0.3, 0.4) is 0 Å². The lowest BCUT2D eigenvalue weighted by molar-refractivity contribution is 0.0595. The van der Waals surface area contributed by atoms with Crippen LogP contribution in [0.2, 0.25) is 0 Å². The Morgan fingerprint density at radius 1 is 1.50 bits per heavy atom. The highest BCUT2D eigenvalue weighted by Gasteiger charge is 2.23. The van der Waals surface area contributed by atoms with Gasteiger partial charge in [0.15, 0.2) is 5.69 Å². The first-order chi connectivity index (χ1) is 9.56. The topological polar surface area (TPSA) is 74.8 Å². The van der Waals surface area contributed by atoms with Gasteiger partial charge in [-0.15, -0.1) is 5.10 Å². The summed E-state index contributed by atoms with van der Waals surface area (Å²) in [6, 6.07) is 0. The third-order valence-corrected chi connectivity index (χ3v) is 3.27. The van der Waals surface area contributed by atoms with E-state index in [1.807, 2.05) is 13.2 Å². The number of aryl methyl sites for hydroxylation is 1. The standard InChI is InChI=1S/C13H19N5O2/c1-5-9(2)7-18-12(10-6-14-17(3)8-10)11(15-16-18)13(19)20-4/h6,8-9H,5,7H2,1-4H3. The van der Waals surface area contributed by atoms with Crippen LogP contribution in [0.4, 0.5) is 0 Å². The van der Waals surface area contributed by atoms with Crippen LogP contribution in [-0.4, -0.2) is 37.9 Å². The van der Waals surface area contributed by atoms with Crippen LogP contribution in [0.1, 0.15) is 30.8 Å². The van der Waals surface area contributed by atoms with Crippen LogP contribution in [0.25, 0.3) is 11.3 Å². The van der Waals surface area contributed by atoms with E-state index in [-0.39, 0.29) is 5.69 Å². The average molecular weight is 277 g/mol. The van der Waals surface area contributed by atoms with E-state index in [9.17, 15) is 4.79 Å². The fourth-order valence-corrected chi connectivity index (χ4v) is 1.93. The van der Waals surface area contributed by atoms with Gasteiger partial charge < -0.3 is 4.74 Å². The van der Waals surface area contributed by atoms with Crippen molar-refractivity contribution in [3.8, 4) is 11.3 Å². The Morgan fingerprint density at radius 3 is 2.80 bits per heavy atom. The van der Waals surface area contributed by atoms with Crippen molar-refractivity contribution in [3.05, 3.63) is 18.1 Å². The quantitative estimate of drug-likeness (QED) is 0.774. The van der Waals surface area contributed by atoms with Gasteiger partial charge in [-0.3, -0.25) is 4.68 Å². The molecule has 2 rings (SSSR count). The van der Waals surface area contributed by atoms with Crippen molar-refractivity contribution >= 4 is 5.97 Å². The van der Waals surface area contributed by atoms with Gasteiger partial charge in [0.25, 0.3) is 0 Å². The number of aromatic nitrogens is 5. The Hall–Kier alpha value is -2.18. The average Bonchev–Trinajstić information content (AvgIpc) is 3.03. The number of hydrogen-bond acceptors (Lipinski definition) is 5. The molecule has 0 bridgehead atoms. The van der Waals surface area contributed by atoms with Crippen LogP contribution in [0, 0.1) is 5.92 Å². The number of rotatable bonds is 5.